The highest BCUT2D eigenvalue weighted by molar-refractivity contribution is 7.10. The molecule has 0 bridgehead atoms. The Kier molecular flexibility index (Phi) is 4.13. The molecule has 0 aromatic carbocycles. The van der Waals surface area contributed by atoms with Crippen LogP contribution in [0.1, 0.15) is 32.4 Å². The van der Waals surface area contributed by atoms with Crippen LogP contribution >= 0.6 is 23.1 Å². The second kappa shape index (κ2) is 5.40. The van der Waals surface area contributed by atoms with Crippen LogP contribution in [-0.2, 0) is 16.1 Å². The Morgan fingerprint density at radius 2 is 2.12 bits per heavy atom. The first-order valence-corrected chi connectivity index (χ1v) is 6.54. The molecule has 16 heavy (non-hydrogen) atoms. The highest BCUT2D eigenvalue weighted by Gasteiger charge is 2.25. The van der Waals surface area contributed by atoms with Gasteiger partial charge >= 0.3 is 0 Å². The fourth-order valence-corrected chi connectivity index (χ4v) is 2.56. The molecule has 0 aliphatic carbocycles. The van der Waals surface area contributed by atoms with Gasteiger partial charge in [-0.05, 0) is 26.7 Å². The summed E-state index contributed by atoms with van der Waals surface area (Å²) in [6.45, 7) is 4.59. The zero-order valence-corrected chi connectivity index (χ0v) is 10.9. The Balaban J connectivity index is 1.84. The van der Waals surface area contributed by atoms with Gasteiger partial charge in [0.15, 0.2) is 0 Å². The summed E-state index contributed by atoms with van der Waals surface area (Å²) in [7, 11) is 0. The Morgan fingerprint density at radius 3 is 2.69 bits per heavy atom. The molecule has 1 aromatic rings. The van der Waals surface area contributed by atoms with Crippen molar-refractivity contribution in [3.63, 3.8) is 0 Å². The molecular formula is C10H15ClN2O2S. The van der Waals surface area contributed by atoms with Gasteiger partial charge in [0, 0.05) is 11.5 Å². The van der Waals surface area contributed by atoms with Crippen molar-refractivity contribution < 1.29 is 9.47 Å². The maximum absolute atomic E-state index is 5.90. The number of halogens is 1. The molecular weight excluding hydrogens is 248 g/mol. The van der Waals surface area contributed by atoms with Crippen LogP contribution in [0, 0.1) is 0 Å². The van der Waals surface area contributed by atoms with E-state index in [1.54, 1.807) is 0 Å². The van der Waals surface area contributed by atoms with Crippen molar-refractivity contribution in [2.75, 3.05) is 0 Å². The summed E-state index contributed by atoms with van der Waals surface area (Å²) in [5.74, 6) is 0. The first-order valence-electron chi connectivity index (χ1n) is 5.39. The summed E-state index contributed by atoms with van der Waals surface area (Å²) < 4.78 is 15.8. The minimum atomic E-state index is 0.233. The van der Waals surface area contributed by atoms with Crippen LogP contribution in [0.25, 0.3) is 0 Å². The summed E-state index contributed by atoms with van der Waals surface area (Å²) >= 11 is 7.10. The molecule has 0 N–H and O–H groups in total. The summed E-state index contributed by atoms with van der Waals surface area (Å²) in [4.78, 5) is 0. The van der Waals surface area contributed by atoms with Gasteiger partial charge in [0.2, 0.25) is 0 Å². The van der Waals surface area contributed by atoms with E-state index in [0.29, 0.717) is 10.9 Å². The van der Waals surface area contributed by atoms with Gasteiger partial charge in [-0.25, -0.2) is 0 Å². The van der Waals surface area contributed by atoms with E-state index in [1.807, 2.05) is 0 Å². The Morgan fingerprint density at radius 1 is 1.44 bits per heavy atom. The third-order valence-electron chi connectivity index (χ3n) is 2.62. The van der Waals surface area contributed by atoms with Crippen LogP contribution in [0.2, 0.25) is 4.34 Å². The first-order chi connectivity index (χ1) is 7.65. The Bertz CT molecular complexity index is 337. The average Bonchev–Trinajstić information content (AvgIpc) is 2.59. The highest BCUT2D eigenvalue weighted by Crippen LogP contribution is 2.24. The van der Waals surface area contributed by atoms with E-state index >= 15 is 0 Å². The number of aromatic nitrogens is 2. The first kappa shape index (κ1) is 12.2. The monoisotopic (exact) mass is 262 g/mol. The van der Waals surface area contributed by atoms with Crippen LogP contribution in [-0.4, -0.2) is 27.9 Å². The molecule has 1 aromatic heterocycles. The molecule has 90 valence electrons. The average molecular weight is 263 g/mol. The van der Waals surface area contributed by atoms with E-state index in [0.717, 1.165) is 18.5 Å². The normalized spacial score (nSPS) is 30.6. The number of nitrogens with zero attached hydrogens (tertiary/aromatic N) is 2. The van der Waals surface area contributed by atoms with Crippen LogP contribution in [0.3, 0.4) is 0 Å². The molecule has 0 spiro atoms. The van der Waals surface area contributed by atoms with Crippen molar-refractivity contribution in [3.05, 3.63) is 10.0 Å². The number of ether oxygens (including phenoxy) is 2. The molecule has 6 heteroatoms. The molecule has 2 unspecified atom stereocenters. The summed E-state index contributed by atoms with van der Waals surface area (Å²) in [6.07, 6.45) is 2.62. The minimum Gasteiger partial charge on any atom is -0.375 e. The standard InChI is InChI=1S/C10H15ClN2O2S/c1-6-3-8(4-7(2)15-6)14-5-9-10(11)16-13-12-9/h6-8H,3-5H2,1-2H3. The summed E-state index contributed by atoms with van der Waals surface area (Å²) in [6, 6.07) is 0. The van der Waals surface area contributed by atoms with Crippen molar-refractivity contribution >= 4 is 23.1 Å². The molecule has 1 aliphatic rings. The van der Waals surface area contributed by atoms with Crippen molar-refractivity contribution in [1.82, 2.24) is 9.59 Å². The second-order valence-electron chi connectivity index (χ2n) is 4.16. The predicted molar refractivity (Wildman–Crippen MR) is 62.7 cm³/mol. The molecule has 2 rings (SSSR count). The molecule has 2 heterocycles. The van der Waals surface area contributed by atoms with Crippen molar-refractivity contribution in [2.45, 2.75) is 51.6 Å². The van der Waals surface area contributed by atoms with Crippen LogP contribution in [0.15, 0.2) is 0 Å². The molecule has 0 saturated carbocycles. The number of hydrogen-bond acceptors (Lipinski definition) is 5. The van der Waals surface area contributed by atoms with E-state index in [9.17, 15) is 0 Å². The minimum absolute atomic E-state index is 0.233. The fourth-order valence-electron chi connectivity index (χ4n) is 1.96. The van der Waals surface area contributed by atoms with E-state index in [1.165, 1.54) is 11.5 Å². The highest BCUT2D eigenvalue weighted by atomic mass is 35.5. The van der Waals surface area contributed by atoms with Gasteiger partial charge in [0.25, 0.3) is 0 Å². The smallest absolute Gasteiger partial charge is 0.139 e. The molecule has 1 saturated heterocycles. The number of hydrogen-bond donors (Lipinski definition) is 0. The summed E-state index contributed by atoms with van der Waals surface area (Å²) in [5.41, 5.74) is 0.735. The number of rotatable bonds is 3. The van der Waals surface area contributed by atoms with Gasteiger partial charge in [0.1, 0.15) is 10.0 Å². The molecule has 2 atom stereocenters. The SMILES string of the molecule is CC1CC(OCc2nnsc2Cl)CC(C)O1. The summed E-state index contributed by atoms with van der Waals surface area (Å²) in [5, 5.41) is 3.92. The topological polar surface area (TPSA) is 44.2 Å². The molecule has 1 aliphatic heterocycles. The molecule has 4 nitrogen and oxygen atoms in total. The third kappa shape index (κ3) is 3.13. The lowest BCUT2D eigenvalue weighted by Gasteiger charge is -2.31. The van der Waals surface area contributed by atoms with Gasteiger partial charge in [-0.2, -0.15) is 0 Å². The van der Waals surface area contributed by atoms with Gasteiger partial charge in [-0.1, -0.05) is 16.1 Å². The third-order valence-corrected chi connectivity index (χ3v) is 3.60. The Hall–Kier alpha value is -0.230. The second-order valence-corrected chi connectivity index (χ2v) is 5.51. The van der Waals surface area contributed by atoms with E-state index < -0.39 is 0 Å². The maximum Gasteiger partial charge on any atom is 0.139 e. The van der Waals surface area contributed by atoms with E-state index in [-0.39, 0.29) is 18.3 Å². The van der Waals surface area contributed by atoms with E-state index in [4.69, 9.17) is 21.1 Å². The van der Waals surface area contributed by atoms with E-state index in [2.05, 4.69) is 23.4 Å². The largest absolute Gasteiger partial charge is 0.375 e. The van der Waals surface area contributed by atoms with Gasteiger partial charge < -0.3 is 9.47 Å². The van der Waals surface area contributed by atoms with Gasteiger partial charge in [-0.3, -0.25) is 0 Å². The fraction of sp³-hybridized carbons (Fsp3) is 0.800. The maximum atomic E-state index is 5.90. The Labute approximate surface area is 104 Å². The molecule has 1 fully saturated rings. The van der Waals surface area contributed by atoms with Crippen LogP contribution in [0.5, 0.6) is 0 Å². The zero-order chi connectivity index (χ0) is 11.5. The molecule has 0 radical (unpaired) electrons. The van der Waals surface area contributed by atoms with Crippen molar-refractivity contribution in [2.24, 2.45) is 0 Å². The van der Waals surface area contributed by atoms with Gasteiger partial charge in [0.05, 0.1) is 24.9 Å². The quantitative estimate of drug-likeness (QED) is 0.840. The zero-order valence-electron chi connectivity index (χ0n) is 9.35. The predicted octanol–water partition coefficient (Wildman–Crippen LogP) is 2.66. The lowest BCUT2D eigenvalue weighted by molar-refractivity contribution is -0.106. The lowest BCUT2D eigenvalue weighted by Crippen LogP contribution is -2.34. The van der Waals surface area contributed by atoms with Gasteiger partial charge in [-0.15, -0.1) is 5.10 Å². The van der Waals surface area contributed by atoms with Crippen molar-refractivity contribution in [3.8, 4) is 0 Å². The van der Waals surface area contributed by atoms with Crippen LogP contribution < -0.4 is 0 Å². The van der Waals surface area contributed by atoms with Crippen LogP contribution in [0.4, 0.5) is 0 Å². The molecule has 0 amide bonds. The lowest BCUT2D eigenvalue weighted by atomic mass is 10.0. The van der Waals surface area contributed by atoms with Crippen molar-refractivity contribution in [1.29, 1.82) is 0 Å².